The Bertz CT molecular complexity index is 288. The van der Waals surface area contributed by atoms with Gasteiger partial charge in [0.2, 0.25) is 5.91 Å². The third-order valence-electron chi connectivity index (χ3n) is 3.50. The molecule has 0 saturated heterocycles. The topological polar surface area (TPSA) is 55.1 Å². The van der Waals surface area contributed by atoms with Crippen molar-refractivity contribution in [2.75, 3.05) is 5.75 Å². The van der Waals surface area contributed by atoms with E-state index >= 15 is 0 Å². The number of hydrogen-bond acceptors (Lipinski definition) is 3. The fourth-order valence-corrected chi connectivity index (χ4v) is 4.07. The third kappa shape index (κ3) is 6.66. The first-order valence-electron chi connectivity index (χ1n) is 7.48. The van der Waals surface area contributed by atoms with Gasteiger partial charge in [-0.1, -0.05) is 34.1 Å². The van der Waals surface area contributed by atoms with Crippen LogP contribution in [0.2, 0.25) is 0 Å². The molecule has 1 rings (SSSR count). The number of thioether (sulfide) groups is 1. The number of carbonyl (C=O) groups is 1. The normalized spacial score (nSPS) is 25.3. The van der Waals surface area contributed by atoms with Crippen LogP contribution in [0.4, 0.5) is 0 Å². The molecular weight excluding hydrogens is 256 g/mol. The highest BCUT2D eigenvalue weighted by molar-refractivity contribution is 7.99. The van der Waals surface area contributed by atoms with Crippen molar-refractivity contribution in [3.05, 3.63) is 0 Å². The smallest absolute Gasteiger partial charge is 0.221 e. The van der Waals surface area contributed by atoms with Gasteiger partial charge in [-0.15, -0.1) is 0 Å². The number of rotatable bonds is 6. The summed E-state index contributed by atoms with van der Waals surface area (Å²) in [5.41, 5.74) is 6.25. The van der Waals surface area contributed by atoms with Gasteiger partial charge >= 0.3 is 0 Å². The van der Waals surface area contributed by atoms with E-state index in [0.717, 1.165) is 18.6 Å². The molecule has 0 radical (unpaired) electrons. The van der Waals surface area contributed by atoms with Crippen LogP contribution in [-0.4, -0.2) is 29.0 Å². The summed E-state index contributed by atoms with van der Waals surface area (Å²) in [5.74, 6) is 1.26. The largest absolute Gasteiger partial charge is 0.352 e. The van der Waals surface area contributed by atoms with Gasteiger partial charge in [0.1, 0.15) is 0 Å². The highest BCUT2D eigenvalue weighted by Gasteiger charge is 2.29. The van der Waals surface area contributed by atoms with Crippen LogP contribution >= 0.6 is 11.8 Å². The Balaban J connectivity index is 2.34. The fraction of sp³-hybridized carbons (Fsp3) is 0.933. The Morgan fingerprint density at radius 1 is 1.42 bits per heavy atom. The molecule has 3 unspecified atom stereocenters. The minimum Gasteiger partial charge on any atom is -0.352 e. The lowest BCUT2D eigenvalue weighted by Gasteiger charge is -2.24. The number of hydrogen-bond donors (Lipinski definition) is 2. The molecule has 1 aliphatic carbocycles. The van der Waals surface area contributed by atoms with Crippen molar-refractivity contribution in [1.29, 1.82) is 0 Å². The predicted octanol–water partition coefficient (Wildman–Crippen LogP) is 2.93. The fourth-order valence-electron chi connectivity index (χ4n) is 2.87. The number of carbonyl (C=O) groups excluding carboxylic acids is 1. The second-order valence-electron chi connectivity index (χ2n) is 6.83. The van der Waals surface area contributed by atoms with E-state index in [9.17, 15) is 4.79 Å². The number of nitrogens with two attached hydrogens (primary N) is 1. The van der Waals surface area contributed by atoms with Crippen LogP contribution in [0.15, 0.2) is 0 Å². The van der Waals surface area contributed by atoms with Crippen LogP contribution in [-0.2, 0) is 4.79 Å². The Morgan fingerprint density at radius 2 is 2.11 bits per heavy atom. The van der Waals surface area contributed by atoms with Crippen LogP contribution in [0, 0.1) is 5.41 Å². The van der Waals surface area contributed by atoms with Gasteiger partial charge in [-0.2, -0.15) is 11.8 Å². The van der Waals surface area contributed by atoms with E-state index in [1.165, 1.54) is 12.8 Å². The molecule has 1 aliphatic rings. The monoisotopic (exact) mass is 286 g/mol. The first-order valence-corrected chi connectivity index (χ1v) is 8.53. The molecule has 4 heteroatoms. The van der Waals surface area contributed by atoms with E-state index in [1.807, 2.05) is 11.8 Å². The van der Waals surface area contributed by atoms with Crippen LogP contribution in [0.1, 0.15) is 59.8 Å². The van der Waals surface area contributed by atoms with Gasteiger partial charge < -0.3 is 11.1 Å². The first-order chi connectivity index (χ1) is 8.81. The SMILES string of the molecule is CCSC1CCCC1NC(=O)CC(N)CC(C)(C)C. The van der Waals surface area contributed by atoms with Crippen LogP contribution in [0.3, 0.4) is 0 Å². The Hall–Kier alpha value is -0.220. The molecule has 0 aliphatic heterocycles. The molecule has 1 amide bonds. The van der Waals surface area contributed by atoms with E-state index in [-0.39, 0.29) is 17.4 Å². The van der Waals surface area contributed by atoms with Crippen molar-refractivity contribution >= 4 is 17.7 Å². The summed E-state index contributed by atoms with van der Waals surface area (Å²) in [6, 6.07) is 0.331. The third-order valence-corrected chi connectivity index (χ3v) is 4.83. The molecule has 0 heterocycles. The molecule has 19 heavy (non-hydrogen) atoms. The molecule has 0 spiro atoms. The summed E-state index contributed by atoms with van der Waals surface area (Å²) in [4.78, 5) is 12.0. The highest BCUT2D eigenvalue weighted by Crippen LogP contribution is 2.30. The second-order valence-corrected chi connectivity index (χ2v) is 8.34. The number of nitrogens with one attached hydrogen (secondary N) is 1. The van der Waals surface area contributed by atoms with Gasteiger partial charge in [0.25, 0.3) is 0 Å². The van der Waals surface area contributed by atoms with Gasteiger partial charge in [0.05, 0.1) is 0 Å². The van der Waals surface area contributed by atoms with Crippen molar-refractivity contribution < 1.29 is 4.79 Å². The Kier molecular flexibility index (Phi) is 6.67. The predicted molar refractivity (Wildman–Crippen MR) is 84.4 cm³/mol. The summed E-state index contributed by atoms with van der Waals surface area (Å²) >= 11 is 1.97. The van der Waals surface area contributed by atoms with Crippen LogP contribution in [0.25, 0.3) is 0 Å². The van der Waals surface area contributed by atoms with Gasteiger partial charge in [-0.05, 0) is 30.4 Å². The zero-order valence-corrected chi connectivity index (χ0v) is 13.7. The molecule has 3 nitrogen and oxygen atoms in total. The van der Waals surface area contributed by atoms with E-state index in [4.69, 9.17) is 5.73 Å². The van der Waals surface area contributed by atoms with Crippen molar-refractivity contribution in [3.8, 4) is 0 Å². The van der Waals surface area contributed by atoms with Gasteiger partial charge in [0, 0.05) is 23.8 Å². The molecule has 0 aromatic carbocycles. The Morgan fingerprint density at radius 3 is 2.68 bits per heavy atom. The summed E-state index contributed by atoms with van der Waals surface area (Å²) in [6.07, 6.45) is 4.93. The summed E-state index contributed by atoms with van der Waals surface area (Å²) in [5, 5.41) is 3.80. The number of amides is 1. The molecule has 3 N–H and O–H groups in total. The van der Waals surface area contributed by atoms with E-state index in [2.05, 4.69) is 33.0 Å². The van der Waals surface area contributed by atoms with Crippen LogP contribution in [0.5, 0.6) is 0 Å². The lowest BCUT2D eigenvalue weighted by molar-refractivity contribution is -0.122. The summed E-state index contributed by atoms with van der Waals surface area (Å²) in [7, 11) is 0. The Labute approximate surface area is 122 Å². The average molecular weight is 286 g/mol. The quantitative estimate of drug-likeness (QED) is 0.789. The maximum Gasteiger partial charge on any atom is 0.221 e. The molecule has 0 bridgehead atoms. The minimum atomic E-state index is -0.0290. The summed E-state index contributed by atoms with van der Waals surface area (Å²) < 4.78 is 0. The summed E-state index contributed by atoms with van der Waals surface area (Å²) in [6.45, 7) is 8.67. The van der Waals surface area contributed by atoms with E-state index in [1.54, 1.807) is 0 Å². The van der Waals surface area contributed by atoms with Crippen molar-refractivity contribution in [3.63, 3.8) is 0 Å². The molecule has 0 aromatic rings. The minimum absolute atomic E-state index is 0.0290. The van der Waals surface area contributed by atoms with Crippen molar-refractivity contribution in [2.45, 2.75) is 77.1 Å². The molecule has 112 valence electrons. The van der Waals surface area contributed by atoms with E-state index in [0.29, 0.717) is 17.7 Å². The molecule has 3 atom stereocenters. The molecule has 1 fully saturated rings. The molecule has 0 aromatic heterocycles. The first kappa shape index (κ1) is 16.8. The lowest BCUT2D eigenvalue weighted by atomic mass is 9.87. The lowest BCUT2D eigenvalue weighted by Crippen LogP contribution is -2.41. The van der Waals surface area contributed by atoms with E-state index < -0.39 is 0 Å². The highest BCUT2D eigenvalue weighted by atomic mass is 32.2. The zero-order valence-electron chi connectivity index (χ0n) is 12.9. The van der Waals surface area contributed by atoms with Gasteiger partial charge in [-0.25, -0.2) is 0 Å². The van der Waals surface area contributed by atoms with Crippen molar-refractivity contribution in [1.82, 2.24) is 5.32 Å². The maximum absolute atomic E-state index is 12.0. The molecule has 1 saturated carbocycles. The van der Waals surface area contributed by atoms with Gasteiger partial charge in [0.15, 0.2) is 0 Å². The van der Waals surface area contributed by atoms with Crippen LogP contribution < -0.4 is 11.1 Å². The van der Waals surface area contributed by atoms with Crippen molar-refractivity contribution in [2.24, 2.45) is 11.1 Å². The molecular formula is C15H30N2OS. The standard InChI is InChI=1S/C15H30N2OS/c1-5-19-13-8-6-7-12(13)17-14(18)9-11(16)10-15(2,3)4/h11-13H,5-10,16H2,1-4H3,(H,17,18). The van der Waals surface area contributed by atoms with Gasteiger partial charge in [-0.3, -0.25) is 4.79 Å². The maximum atomic E-state index is 12.0. The average Bonchev–Trinajstić information content (AvgIpc) is 2.62. The zero-order chi connectivity index (χ0) is 14.5. The second kappa shape index (κ2) is 7.53.